The number of thioether (sulfide) groups is 1. The van der Waals surface area contributed by atoms with Gasteiger partial charge >= 0.3 is 12.1 Å². The third-order valence-electron chi connectivity index (χ3n) is 4.82. The highest BCUT2D eigenvalue weighted by molar-refractivity contribution is 8.00. The molecule has 0 aromatic heterocycles. The molecule has 1 aromatic rings. The van der Waals surface area contributed by atoms with Gasteiger partial charge in [0.2, 0.25) is 0 Å². The van der Waals surface area contributed by atoms with E-state index < -0.39 is 29.2 Å². The normalized spacial score (nSPS) is 26.7. The summed E-state index contributed by atoms with van der Waals surface area (Å²) in [5.41, 5.74) is -0.916. The summed E-state index contributed by atoms with van der Waals surface area (Å²) in [6.45, 7) is 5.32. The van der Waals surface area contributed by atoms with E-state index in [2.05, 4.69) is 5.32 Å². The molecule has 0 saturated carbocycles. The fourth-order valence-corrected chi connectivity index (χ4v) is 5.19. The summed E-state index contributed by atoms with van der Waals surface area (Å²) in [5.74, 6) is -0.208. The maximum atomic E-state index is 13.5. The van der Waals surface area contributed by atoms with Crippen LogP contribution in [0.15, 0.2) is 30.3 Å². The van der Waals surface area contributed by atoms with Crippen LogP contribution in [0.1, 0.15) is 32.8 Å². The molecule has 0 unspecified atom stereocenters. The van der Waals surface area contributed by atoms with Crippen molar-refractivity contribution in [3.05, 3.63) is 35.9 Å². The predicted molar refractivity (Wildman–Crippen MR) is 106 cm³/mol. The van der Waals surface area contributed by atoms with Crippen molar-refractivity contribution >= 4 is 29.7 Å². The van der Waals surface area contributed by atoms with Crippen LogP contribution in [0.3, 0.4) is 0 Å². The van der Waals surface area contributed by atoms with Crippen LogP contribution in [0.5, 0.6) is 0 Å². The minimum atomic E-state index is -1.16. The average Bonchev–Trinajstić information content (AvgIpc) is 3.12. The van der Waals surface area contributed by atoms with Gasteiger partial charge in [-0.2, -0.15) is 0 Å². The molecule has 8 heteroatoms. The molecular weight excluding hydrogens is 380 g/mol. The summed E-state index contributed by atoms with van der Waals surface area (Å²) in [6.07, 6.45) is 0.0865. The maximum absolute atomic E-state index is 13.5. The number of carbonyl (C=O) groups is 3. The second kappa shape index (κ2) is 7.66. The number of fused-ring (bicyclic) bond motifs is 1. The van der Waals surface area contributed by atoms with Gasteiger partial charge in [0, 0.05) is 18.6 Å². The first-order valence-electron chi connectivity index (χ1n) is 9.22. The Balaban J connectivity index is 1.90. The highest BCUT2D eigenvalue weighted by Gasteiger charge is 2.59. The fraction of sp³-hybridized carbons (Fsp3) is 0.550. The van der Waals surface area contributed by atoms with E-state index in [4.69, 9.17) is 9.47 Å². The Morgan fingerprint density at radius 2 is 1.96 bits per heavy atom. The van der Waals surface area contributed by atoms with Crippen LogP contribution < -0.4 is 5.32 Å². The van der Waals surface area contributed by atoms with Crippen molar-refractivity contribution in [3.63, 3.8) is 0 Å². The van der Waals surface area contributed by atoms with E-state index in [1.807, 2.05) is 30.3 Å². The number of ether oxygens (including phenoxy) is 2. The van der Waals surface area contributed by atoms with Crippen molar-refractivity contribution in [1.29, 1.82) is 0 Å². The van der Waals surface area contributed by atoms with E-state index in [0.717, 1.165) is 5.56 Å². The Morgan fingerprint density at radius 1 is 1.29 bits per heavy atom. The Morgan fingerprint density at radius 3 is 2.57 bits per heavy atom. The highest BCUT2D eigenvalue weighted by atomic mass is 32.2. The van der Waals surface area contributed by atoms with Gasteiger partial charge in [-0.15, -0.1) is 11.8 Å². The largest absolute Gasteiger partial charge is 0.467 e. The van der Waals surface area contributed by atoms with Gasteiger partial charge in [0.15, 0.2) is 0 Å². The zero-order valence-electron chi connectivity index (χ0n) is 16.6. The SMILES string of the molecule is COC(=O)[C@@H]1CS[C@@H]2C[C@@](Cc3ccccc3)(NC(=O)OC(C)(C)C)C(=O)N21. The fourth-order valence-electron chi connectivity index (χ4n) is 3.68. The van der Waals surface area contributed by atoms with Gasteiger partial charge in [-0.25, -0.2) is 9.59 Å². The molecule has 0 aliphatic carbocycles. The third kappa shape index (κ3) is 4.11. The number of hydrogen-bond acceptors (Lipinski definition) is 6. The molecule has 2 amide bonds. The second-order valence-electron chi connectivity index (χ2n) is 8.11. The van der Waals surface area contributed by atoms with E-state index >= 15 is 0 Å². The smallest absolute Gasteiger partial charge is 0.408 e. The topological polar surface area (TPSA) is 84.9 Å². The Hall–Kier alpha value is -2.22. The van der Waals surface area contributed by atoms with E-state index in [0.29, 0.717) is 18.6 Å². The maximum Gasteiger partial charge on any atom is 0.408 e. The predicted octanol–water partition coefficient (Wildman–Crippen LogP) is 2.34. The number of esters is 1. The average molecular weight is 407 g/mol. The molecule has 152 valence electrons. The summed E-state index contributed by atoms with van der Waals surface area (Å²) in [6, 6.07) is 8.88. The quantitative estimate of drug-likeness (QED) is 0.773. The van der Waals surface area contributed by atoms with Crippen LogP contribution in [0.4, 0.5) is 4.79 Å². The van der Waals surface area contributed by atoms with Gasteiger partial charge in [-0.05, 0) is 26.3 Å². The van der Waals surface area contributed by atoms with Gasteiger partial charge in [-0.3, -0.25) is 4.79 Å². The summed E-state index contributed by atoms with van der Waals surface area (Å²) in [7, 11) is 1.32. The molecule has 2 saturated heterocycles. The Labute approximate surface area is 169 Å². The van der Waals surface area contributed by atoms with Crippen molar-refractivity contribution in [3.8, 4) is 0 Å². The molecule has 0 spiro atoms. The van der Waals surface area contributed by atoms with Gasteiger partial charge in [-0.1, -0.05) is 30.3 Å². The minimum absolute atomic E-state index is 0.185. The molecule has 2 aliphatic heterocycles. The van der Waals surface area contributed by atoms with E-state index in [9.17, 15) is 14.4 Å². The summed E-state index contributed by atoms with van der Waals surface area (Å²) in [5, 5.41) is 2.65. The molecular formula is C20H26N2O5S. The van der Waals surface area contributed by atoms with Crippen LogP contribution >= 0.6 is 11.8 Å². The number of nitrogens with one attached hydrogen (secondary N) is 1. The van der Waals surface area contributed by atoms with Crippen molar-refractivity contribution in [2.75, 3.05) is 12.9 Å². The van der Waals surface area contributed by atoms with Gasteiger partial charge in [0.25, 0.3) is 5.91 Å². The van der Waals surface area contributed by atoms with Crippen LogP contribution in [-0.4, -0.2) is 58.3 Å². The number of hydrogen-bond donors (Lipinski definition) is 1. The third-order valence-corrected chi connectivity index (χ3v) is 6.11. The number of benzene rings is 1. The van der Waals surface area contributed by atoms with Gasteiger partial charge < -0.3 is 19.7 Å². The molecule has 7 nitrogen and oxygen atoms in total. The second-order valence-corrected chi connectivity index (χ2v) is 9.33. The number of alkyl carbamates (subject to hydrolysis) is 1. The van der Waals surface area contributed by atoms with E-state index in [1.165, 1.54) is 18.9 Å². The number of rotatable bonds is 4. The van der Waals surface area contributed by atoms with Crippen LogP contribution in [0, 0.1) is 0 Å². The first-order valence-corrected chi connectivity index (χ1v) is 10.3. The van der Waals surface area contributed by atoms with Crippen LogP contribution in [0.25, 0.3) is 0 Å². The zero-order valence-corrected chi connectivity index (χ0v) is 17.4. The monoisotopic (exact) mass is 406 g/mol. The molecule has 1 aromatic carbocycles. The van der Waals surface area contributed by atoms with E-state index in [1.54, 1.807) is 25.7 Å². The van der Waals surface area contributed by atoms with Crippen molar-refractivity contribution in [2.45, 2.75) is 56.2 Å². The number of methoxy groups -OCH3 is 1. The number of amides is 2. The van der Waals surface area contributed by atoms with Crippen molar-refractivity contribution in [2.24, 2.45) is 0 Å². The molecule has 2 fully saturated rings. The molecule has 28 heavy (non-hydrogen) atoms. The van der Waals surface area contributed by atoms with Crippen LogP contribution in [0.2, 0.25) is 0 Å². The molecule has 0 radical (unpaired) electrons. The lowest BCUT2D eigenvalue weighted by atomic mass is 9.89. The summed E-state index contributed by atoms with van der Waals surface area (Å²) < 4.78 is 10.3. The molecule has 3 atom stereocenters. The first-order chi connectivity index (χ1) is 13.1. The van der Waals surface area contributed by atoms with Gasteiger partial charge in [0.05, 0.1) is 12.5 Å². The number of carbonyl (C=O) groups excluding carboxylic acids is 3. The van der Waals surface area contributed by atoms with Crippen molar-refractivity contribution < 1.29 is 23.9 Å². The first kappa shape index (κ1) is 20.5. The standard InChI is InChI=1S/C20H26N2O5S/c1-19(2,3)27-18(25)21-20(10-13-8-6-5-7-9-13)11-15-22(17(20)24)14(12-28-15)16(23)26-4/h5-9,14-15H,10-12H2,1-4H3,(H,21,25)/t14-,15+,20+/m0/s1. The lowest BCUT2D eigenvalue weighted by molar-refractivity contribution is -0.151. The van der Waals surface area contributed by atoms with Crippen LogP contribution in [-0.2, 0) is 25.5 Å². The lowest BCUT2D eigenvalue weighted by Crippen LogP contribution is -2.58. The number of nitrogens with zero attached hydrogens (tertiary/aromatic N) is 1. The van der Waals surface area contributed by atoms with E-state index in [-0.39, 0.29) is 11.3 Å². The molecule has 1 N–H and O–H groups in total. The highest BCUT2D eigenvalue weighted by Crippen LogP contribution is 2.43. The summed E-state index contributed by atoms with van der Waals surface area (Å²) in [4.78, 5) is 39.7. The Kier molecular flexibility index (Phi) is 5.61. The zero-order chi connectivity index (χ0) is 20.5. The Bertz CT molecular complexity index is 764. The summed E-state index contributed by atoms with van der Waals surface area (Å²) >= 11 is 1.53. The molecule has 2 aliphatic rings. The van der Waals surface area contributed by atoms with Crippen molar-refractivity contribution in [1.82, 2.24) is 10.2 Å². The molecule has 3 rings (SSSR count). The molecule has 0 bridgehead atoms. The molecule has 2 heterocycles. The van der Waals surface area contributed by atoms with Gasteiger partial charge in [0.1, 0.15) is 17.2 Å². The minimum Gasteiger partial charge on any atom is -0.467 e. The lowest BCUT2D eigenvalue weighted by Gasteiger charge is -2.31.